The quantitative estimate of drug-likeness (QED) is 0.740. The van der Waals surface area contributed by atoms with Crippen LogP contribution in [0.15, 0.2) is 36.8 Å². The van der Waals surface area contributed by atoms with E-state index < -0.39 is 0 Å². The number of aryl methyl sites for hydroxylation is 1. The van der Waals surface area contributed by atoms with E-state index in [0.29, 0.717) is 0 Å². The third-order valence-electron chi connectivity index (χ3n) is 3.66. The van der Waals surface area contributed by atoms with Gasteiger partial charge >= 0.3 is 0 Å². The van der Waals surface area contributed by atoms with Gasteiger partial charge in [0.2, 0.25) is 6.79 Å². The van der Waals surface area contributed by atoms with Crippen molar-refractivity contribution in [2.75, 3.05) is 6.79 Å². The van der Waals surface area contributed by atoms with E-state index in [-0.39, 0.29) is 6.79 Å². The first-order chi connectivity index (χ1) is 10.4. The van der Waals surface area contributed by atoms with Gasteiger partial charge in [-0.05, 0) is 30.0 Å². The number of hydrogen-bond acceptors (Lipinski definition) is 4. The average molecular weight is 281 g/mol. The molecule has 0 bridgehead atoms. The SMILES string of the molecule is CCCc1nccn1-c1nccc2cc3c(cc12)OCO3. The van der Waals surface area contributed by atoms with Crippen LogP contribution in [0.3, 0.4) is 0 Å². The van der Waals surface area contributed by atoms with E-state index in [4.69, 9.17) is 9.47 Å². The lowest BCUT2D eigenvalue weighted by Gasteiger charge is -2.10. The Morgan fingerprint density at radius 2 is 2.00 bits per heavy atom. The first-order valence-electron chi connectivity index (χ1n) is 7.08. The van der Waals surface area contributed by atoms with Crippen LogP contribution in [-0.4, -0.2) is 21.3 Å². The molecule has 106 valence electrons. The summed E-state index contributed by atoms with van der Waals surface area (Å²) in [6.45, 7) is 2.42. The first kappa shape index (κ1) is 12.2. The molecule has 5 heteroatoms. The fraction of sp³-hybridized carbons (Fsp3) is 0.250. The van der Waals surface area contributed by atoms with Crippen LogP contribution in [0.2, 0.25) is 0 Å². The Morgan fingerprint density at radius 3 is 2.86 bits per heavy atom. The van der Waals surface area contributed by atoms with Crippen LogP contribution in [0.25, 0.3) is 16.6 Å². The maximum Gasteiger partial charge on any atom is 0.231 e. The molecule has 4 rings (SSSR count). The van der Waals surface area contributed by atoms with Gasteiger partial charge in [0.15, 0.2) is 11.5 Å². The molecule has 0 N–H and O–H groups in total. The van der Waals surface area contributed by atoms with Gasteiger partial charge in [-0.3, -0.25) is 4.57 Å². The number of benzene rings is 1. The Hall–Kier alpha value is -2.56. The van der Waals surface area contributed by atoms with Crippen LogP contribution < -0.4 is 9.47 Å². The molecule has 0 amide bonds. The summed E-state index contributed by atoms with van der Waals surface area (Å²) in [5, 5.41) is 2.12. The number of rotatable bonds is 3. The first-order valence-corrected chi connectivity index (χ1v) is 7.08. The van der Waals surface area contributed by atoms with Crippen LogP contribution >= 0.6 is 0 Å². The standard InChI is InChI=1S/C16H15N3O2/c1-2-3-15-17-6-7-19(15)16-12-9-14-13(20-10-21-14)8-11(12)4-5-18-16/h4-9H,2-3,10H2,1H3. The number of aromatic nitrogens is 3. The van der Waals surface area contributed by atoms with Crippen molar-refractivity contribution < 1.29 is 9.47 Å². The molecule has 0 atom stereocenters. The van der Waals surface area contributed by atoms with E-state index in [1.54, 1.807) is 0 Å². The Morgan fingerprint density at radius 1 is 1.14 bits per heavy atom. The normalized spacial score (nSPS) is 13.0. The largest absolute Gasteiger partial charge is 0.454 e. The minimum atomic E-state index is 0.278. The molecule has 21 heavy (non-hydrogen) atoms. The summed E-state index contributed by atoms with van der Waals surface area (Å²) in [6.07, 6.45) is 7.56. The monoisotopic (exact) mass is 281 g/mol. The zero-order valence-corrected chi connectivity index (χ0v) is 11.7. The molecular formula is C16H15N3O2. The third kappa shape index (κ3) is 1.93. The van der Waals surface area contributed by atoms with Crippen molar-refractivity contribution in [3.05, 3.63) is 42.6 Å². The van der Waals surface area contributed by atoms with Crippen molar-refractivity contribution in [1.82, 2.24) is 14.5 Å². The average Bonchev–Trinajstić information content (AvgIpc) is 3.13. The molecule has 1 aliphatic rings. The molecule has 2 aromatic heterocycles. The highest BCUT2D eigenvalue weighted by Crippen LogP contribution is 2.37. The zero-order chi connectivity index (χ0) is 14.2. The molecule has 1 aromatic carbocycles. The lowest BCUT2D eigenvalue weighted by Crippen LogP contribution is -2.03. The van der Waals surface area contributed by atoms with E-state index in [0.717, 1.165) is 46.8 Å². The lowest BCUT2D eigenvalue weighted by molar-refractivity contribution is 0.174. The van der Waals surface area contributed by atoms with Gasteiger partial charge in [0.05, 0.1) is 0 Å². The second-order valence-electron chi connectivity index (χ2n) is 5.02. The maximum atomic E-state index is 5.48. The number of nitrogens with zero attached hydrogens (tertiary/aromatic N) is 3. The van der Waals surface area contributed by atoms with E-state index in [1.165, 1.54) is 0 Å². The fourth-order valence-electron chi connectivity index (χ4n) is 2.67. The summed E-state index contributed by atoms with van der Waals surface area (Å²) in [6, 6.07) is 5.98. The van der Waals surface area contributed by atoms with Crippen LogP contribution in [0.5, 0.6) is 11.5 Å². The van der Waals surface area contributed by atoms with Gasteiger partial charge in [0, 0.05) is 30.4 Å². The van der Waals surface area contributed by atoms with Gasteiger partial charge in [-0.2, -0.15) is 0 Å². The molecule has 3 aromatic rings. The predicted octanol–water partition coefficient (Wildman–Crippen LogP) is 3.10. The van der Waals surface area contributed by atoms with Gasteiger partial charge in [-0.25, -0.2) is 9.97 Å². The molecule has 3 heterocycles. The van der Waals surface area contributed by atoms with Crippen molar-refractivity contribution >= 4 is 10.8 Å². The summed E-state index contributed by atoms with van der Waals surface area (Å²) in [4.78, 5) is 8.97. The van der Waals surface area contributed by atoms with Gasteiger partial charge in [0.25, 0.3) is 0 Å². The Bertz CT molecular complexity index is 810. The summed E-state index contributed by atoms with van der Waals surface area (Å²) in [5.41, 5.74) is 0. The molecule has 0 aliphatic carbocycles. The number of pyridine rings is 1. The summed E-state index contributed by atoms with van der Waals surface area (Å²) in [5.74, 6) is 3.47. The highest BCUT2D eigenvalue weighted by atomic mass is 16.7. The minimum absolute atomic E-state index is 0.278. The smallest absolute Gasteiger partial charge is 0.231 e. The molecule has 0 saturated heterocycles. The van der Waals surface area contributed by atoms with Crippen molar-refractivity contribution in [3.8, 4) is 17.3 Å². The van der Waals surface area contributed by atoms with Crippen molar-refractivity contribution in [2.45, 2.75) is 19.8 Å². The topological polar surface area (TPSA) is 49.2 Å². The number of imidazole rings is 1. The van der Waals surface area contributed by atoms with Crippen LogP contribution in [-0.2, 0) is 6.42 Å². The van der Waals surface area contributed by atoms with Gasteiger partial charge in [-0.1, -0.05) is 6.92 Å². The zero-order valence-electron chi connectivity index (χ0n) is 11.7. The number of hydrogen-bond donors (Lipinski definition) is 0. The van der Waals surface area contributed by atoms with E-state index >= 15 is 0 Å². The summed E-state index contributed by atoms with van der Waals surface area (Å²) < 4.78 is 13.0. The highest BCUT2D eigenvalue weighted by molar-refractivity contribution is 5.91. The molecule has 0 unspecified atom stereocenters. The van der Waals surface area contributed by atoms with Crippen LogP contribution in [0.1, 0.15) is 19.2 Å². The Labute approximate surface area is 122 Å². The Balaban J connectivity index is 1.94. The summed E-state index contributed by atoms with van der Waals surface area (Å²) >= 11 is 0. The molecule has 0 fully saturated rings. The second-order valence-corrected chi connectivity index (χ2v) is 5.02. The summed E-state index contributed by atoms with van der Waals surface area (Å²) in [7, 11) is 0. The molecular weight excluding hydrogens is 266 g/mol. The van der Waals surface area contributed by atoms with E-state index in [9.17, 15) is 0 Å². The van der Waals surface area contributed by atoms with Crippen molar-refractivity contribution in [3.63, 3.8) is 0 Å². The minimum Gasteiger partial charge on any atom is -0.454 e. The lowest BCUT2D eigenvalue weighted by atomic mass is 10.1. The van der Waals surface area contributed by atoms with Crippen molar-refractivity contribution in [1.29, 1.82) is 0 Å². The van der Waals surface area contributed by atoms with E-state index in [1.807, 2.05) is 41.4 Å². The molecule has 0 spiro atoms. The number of ether oxygens (including phenoxy) is 2. The molecule has 5 nitrogen and oxygen atoms in total. The molecule has 0 radical (unpaired) electrons. The van der Waals surface area contributed by atoms with Crippen LogP contribution in [0.4, 0.5) is 0 Å². The molecule has 1 aliphatic heterocycles. The number of fused-ring (bicyclic) bond motifs is 2. The highest BCUT2D eigenvalue weighted by Gasteiger charge is 2.17. The maximum absolute atomic E-state index is 5.48. The van der Waals surface area contributed by atoms with Crippen LogP contribution in [0, 0.1) is 0 Å². The third-order valence-corrected chi connectivity index (χ3v) is 3.66. The van der Waals surface area contributed by atoms with Crippen molar-refractivity contribution in [2.24, 2.45) is 0 Å². The van der Waals surface area contributed by atoms with Gasteiger partial charge < -0.3 is 9.47 Å². The predicted molar refractivity (Wildman–Crippen MR) is 79.0 cm³/mol. The second kappa shape index (κ2) is 4.77. The van der Waals surface area contributed by atoms with Gasteiger partial charge in [0.1, 0.15) is 11.6 Å². The Kier molecular flexibility index (Phi) is 2.77. The molecule has 0 saturated carbocycles. The van der Waals surface area contributed by atoms with E-state index in [2.05, 4.69) is 16.9 Å². The van der Waals surface area contributed by atoms with Gasteiger partial charge in [-0.15, -0.1) is 0 Å². The fourth-order valence-corrected chi connectivity index (χ4v) is 2.67.